The number of hydrogen-bond donors (Lipinski definition) is 2. The SMILES string of the molecule is CC(C)(C)OC(=O)NS(=O)(=O)NC[C@@H]1[C@H](c2ccc(Cl)c(Cl)c2)CCN1C(=O)OC(C)(C)C. The first-order valence-electron chi connectivity index (χ1n) is 10.4. The molecule has 0 unspecified atom stereocenters. The second-order valence-corrected chi connectivity index (χ2v) is 12.1. The number of nitrogens with one attached hydrogen (secondary N) is 2. The number of hydrogen-bond acceptors (Lipinski definition) is 6. The topological polar surface area (TPSA) is 114 Å². The van der Waals surface area contributed by atoms with Crippen LogP contribution in [-0.2, 0) is 19.7 Å². The van der Waals surface area contributed by atoms with Gasteiger partial charge in [0.15, 0.2) is 0 Å². The fourth-order valence-corrected chi connectivity index (χ4v) is 4.45. The summed E-state index contributed by atoms with van der Waals surface area (Å²) >= 11 is 12.2. The largest absolute Gasteiger partial charge is 0.444 e. The minimum Gasteiger partial charge on any atom is -0.444 e. The predicted molar refractivity (Wildman–Crippen MR) is 127 cm³/mol. The Kier molecular flexibility index (Phi) is 8.54. The summed E-state index contributed by atoms with van der Waals surface area (Å²) in [5.41, 5.74) is -0.779. The van der Waals surface area contributed by atoms with Gasteiger partial charge in [0.25, 0.3) is 0 Å². The Hall–Kier alpha value is -1.75. The third-order valence-electron chi connectivity index (χ3n) is 4.64. The highest BCUT2D eigenvalue weighted by atomic mass is 35.5. The van der Waals surface area contributed by atoms with Crippen LogP contribution >= 0.6 is 23.2 Å². The Morgan fingerprint density at radius 3 is 2.21 bits per heavy atom. The van der Waals surface area contributed by atoms with Crippen molar-refractivity contribution in [2.45, 2.75) is 71.1 Å². The number of carbonyl (C=O) groups excluding carboxylic acids is 2. The first-order chi connectivity index (χ1) is 15.0. The van der Waals surface area contributed by atoms with Crippen molar-refractivity contribution in [2.24, 2.45) is 0 Å². The summed E-state index contributed by atoms with van der Waals surface area (Å²) in [4.78, 5) is 26.2. The van der Waals surface area contributed by atoms with E-state index in [1.165, 1.54) is 4.90 Å². The molecule has 2 N–H and O–H groups in total. The van der Waals surface area contributed by atoms with Crippen LogP contribution in [0.4, 0.5) is 9.59 Å². The van der Waals surface area contributed by atoms with Crippen molar-refractivity contribution in [3.63, 3.8) is 0 Å². The van der Waals surface area contributed by atoms with Crippen LogP contribution in [0.15, 0.2) is 18.2 Å². The van der Waals surface area contributed by atoms with Crippen molar-refractivity contribution in [1.82, 2.24) is 14.3 Å². The monoisotopic (exact) mass is 523 g/mol. The smallest absolute Gasteiger partial charge is 0.422 e. The van der Waals surface area contributed by atoms with Crippen molar-refractivity contribution < 1.29 is 27.5 Å². The zero-order valence-corrected chi connectivity index (χ0v) is 21.9. The highest BCUT2D eigenvalue weighted by Crippen LogP contribution is 2.36. The van der Waals surface area contributed by atoms with Gasteiger partial charge in [0.2, 0.25) is 0 Å². The number of ether oxygens (including phenoxy) is 2. The quantitative estimate of drug-likeness (QED) is 0.589. The minimum absolute atomic E-state index is 0.164. The maximum atomic E-state index is 12.8. The molecule has 1 saturated heterocycles. The molecule has 0 saturated carbocycles. The molecule has 186 valence electrons. The van der Waals surface area contributed by atoms with Crippen LogP contribution in [0.1, 0.15) is 59.4 Å². The molecular formula is C21H31Cl2N3O6S. The Morgan fingerprint density at radius 2 is 1.67 bits per heavy atom. The lowest BCUT2D eigenvalue weighted by Gasteiger charge is -2.31. The summed E-state index contributed by atoms with van der Waals surface area (Å²) in [7, 11) is -4.25. The molecule has 0 radical (unpaired) electrons. The highest BCUT2D eigenvalue weighted by molar-refractivity contribution is 7.88. The fourth-order valence-electron chi connectivity index (χ4n) is 3.42. The van der Waals surface area contributed by atoms with Gasteiger partial charge in [0.05, 0.1) is 16.1 Å². The number of halogens is 2. The lowest BCUT2D eigenvalue weighted by Crippen LogP contribution is -2.50. The van der Waals surface area contributed by atoms with E-state index in [-0.39, 0.29) is 12.5 Å². The van der Waals surface area contributed by atoms with Gasteiger partial charge in [-0.25, -0.2) is 14.3 Å². The van der Waals surface area contributed by atoms with Crippen molar-refractivity contribution in [3.8, 4) is 0 Å². The molecule has 0 spiro atoms. The molecule has 2 amide bonds. The maximum Gasteiger partial charge on any atom is 0.422 e. The molecular weight excluding hydrogens is 493 g/mol. The molecule has 1 heterocycles. The average Bonchev–Trinajstić information content (AvgIpc) is 3.03. The number of nitrogens with zero attached hydrogens (tertiary/aromatic N) is 1. The Balaban J connectivity index is 2.23. The molecule has 0 aliphatic carbocycles. The molecule has 1 aromatic rings. The Bertz CT molecular complexity index is 989. The van der Waals surface area contributed by atoms with Gasteiger partial charge in [-0.1, -0.05) is 29.3 Å². The molecule has 1 fully saturated rings. The van der Waals surface area contributed by atoms with Crippen LogP contribution in [0, 0.1) is 0 Å². The van der Waals surface area contributed by atoms with E-state index in [0.29, 0.717) is 23.0 Å². The molecule has 9 nitrogen and oxygen atoms in total. The summed E-state index contributed by atoms with van der Waals surface area (Å²) in [6.45, 7) is 10.3. The summed E-state index contributed by atoms with van der Waals surface area (Å²) in [5, 5.41) is 0.747. The van der Waals surface area contributed by atoms with Gasteiger partial charge in [0, 0.05) is 19.0 Å². The second-order valence-electron chi connectivity index (χ2n) is 9.77. The number of amides is 2. The van der Waals surface area contributed by atoms with Gasteiger partial charge < -0.3 is 14.4 Å². The molecule has 1 aliphatic heterocycles. The number of benzene rings is 1. The zero-order chi connectivity index (χ0) is 25.2. The molecule has 2 atom stereocenters. The molecule has 1 aliphatic rings. The first kappa shape index (κ1) is 27.5. The van der Waals surface area contributed by atoms with E-state index < -0.39 is 39.6 Å². The molecule has 12 heteroatoms. The predicted octanol–water partition coefficient (Wildman–Crippen LogP) is 4.45. The Morgan fingerprint density at radius 1 is 1.06 bits per heavy atom. The van der Waals surface area contributed by atoms with Gasteiger partial charge in [-0.2, -0.15) is 13.1 Å². The molecule has 0 aromatic heterocycles. The summed E-state index contributed by atoms with van der Waals surface area (Å²) < 4.78 is 39.5. The van der Waals surface area contributed by atoms with Gasteiger partial charge in [-0.3, -0.25) is 0 Å². The minimum atomic E-state index is -4.25. The van der Waals surface area contributed by atoms with Crippen LogP contribution in [0.25, 0.3) is 0 Å². The average molecular weight is 524 g/mol. The van der Waals surface area contributed by atoms with Gasteiger partial charge in [0.1, 0.15) is 11.2 Å². The number of rotatable bonds is 5. The van der Waals surface area contributed by atoms with E-state index in [4.69, 9.17) is 32.7 Å². The molecule has 2 rings (SSSR count). The van der Waals surface area contributed by atoms with Crippen molar-refractivity contribution in [3.05, 3.63) is 33.8 Å². The van der Waals surface area contributed by atoms with Crippen LogP contribution in [-0.4, -0.2) is 55.8 Å². The third-order valence-corrected chi connectivity index (χ3v) is 6.37. The lowest BCUT2D eigenvalue weighted by molar-refractivity contribution is 0.0222. The first-order valence-corrected chi connectivity index (χ1v) is 12.7. The van der Waals surface area contributed by atoms with Crippen molar-refractivity contribution in [1.29, 1.82) is 0 Å². The van der Waals surface area contributed by atoms with Crippen LogP contribution in [0.3, 0.4) is 0 Å². The number of carbonyl (C=O) groups is 2. The van der Waals surface area contributed by atoms with Gasteiger partial charge >= 0.3 is 22.4 Å². The highest BCUT2D eigenvalue weighted by Gasteiger charge is 2.40. The van der Waals surface area contributed by atoms with Crippen molar-refractivity contribution >= 4 is 45.6 Å². The summed E-state index contributed by atoms with van der Waals surface area (Å²) in [6.07, 6.45) is -1.11. The van der Waals surface area contributed by atoms with Crippen LogP contribution in [0.2, 0.25) is 10.0 Å². The number of likely N-dealkylation sites (tertiary alicyclic amines) is 1. The van der Waals surface area contributed by atoms with E-state index in [1.54, 1.807) is 59.7 Å². The Labute approximate surface area is 205 Å². The van der Waals surface area contributed by atoms with E-state index in [9.17, 15) is 18.0 Å². The maximum absolute atomic E-state index is 12.8. The molecule has 33 heavy (non-hydrogen) atoms. The van der Waals surface area contributed by atoms with Crippen molar-refractivity contribution in [2.75, 3.05) is 13.1 Å². The second kappa shape index (κ2) is 10.2. The summed E-state index contributed by atoms with van der Waals surface area (Å²) in [5.74, 6) is -0.239. The van der Waals surface area contributed by atoms with E-state index >= 15 is 0 Å². The van der Waals surface area contributed by atoms with Crippen LogP contribution < -0.4 is 9.44 Å². The standard InChI is InChI=1S/C21H31Cl2N3O6S/c1-20(2,3)31-18(27)25-33(29,30)24-12-17-14(13-7-8-15(22)16(23)11-13)9-10-26(17)19(28)32-21(4,5)6/h7-8,11,14,17,24H,9-10,12H2,1-6H3,(H,25,27)/t14-,17+/m0/s1. The van der Waals surface area contributed by atoms with E-state index in [0.717, 1.165) is 5.56 Å². The van der Waals surface area contributed by atoms with Crippen LogP contribution in [0.5, 0.6) is 0 Å². The molecule has 1 aromatic carbocycles. The molecule has 0 bridgehead atoms. The summed E-state index contributed by atoms with van der Waals surface area (Å²) in [6, 6.07) is 4.55. The lowest BCUT2D eigenvalue weighted by atomic mass is 9.92. The fraction of sp³-hybridized carbons (Fsp3) is 0.619. The van der Waals surface area contributed by atoms with Gasteiger partial charge in [-0.15, -0.1) is 0 Å². The third kappa shape index (κ3) is 8.51. The van der Waals surface area contributed by atoms with E-state index in [2.05, 4.69) is 4.72 Å². The van der Waals surface area contributed by atoms with Gasteiger partial charge in [-0.05, 0) is 65.7 Å². The normalized spacial score (nSPS) is 19.3. The van der Waals surface area contributed by atoms with E-state index in [1.807, 2.05) is 4.72 Å². The zero-order valence-electron chi connectivity index (χ0n) is 19.6.